The van der Waals surface area contributed by atoms with Crippen LogP contribution in [-0.4, -0.2) is 23.1 Å². The minimum Gasteiger partial charge on any atom is -0.301 e. The SMILES string of the molecule is N#CN([N+](=O)[O-])S(=O)(=O)NO. The monoisotopic (exact) mass is 182 g/mol. The second-order valence-corrected chi connectivity index (χ2v) is 2.66. The molecule has 11 heavy (non-hydrogen) atoms. The van der Waals surface area contributed by atoms with Gasteiger partial charge in [0.1, 0.15) is 4.41 Å². The van der Waals surface area contributed by atoms with E-state index in [9.17, 15) is 18.5 Å². The van der Waals surface area contributed by atoms with E-state index in [4.69, 9.17) is 10.5 Å². The summed E-state index contributed by atoms with van der Waals surface area (Å²) >= 11 is 0. The summed E-state index contributed by atoms with van der Waals surface area (Å²) in [4.78, 5) is 10.3. The molecule has 0 radical (unpaired) electrons. The van der Waals surface area contributed by atoms with Crippen molar-refractivity contribution in [2.75, 3.05) is 0 Å². The maximum absolute atomic E-state index is 10.3. The number of hydrogen-bond acceptors (Lipinski definition) is 6. The van der Waals surface area contributed by atoms with Crippen molar-refractivity contribution in [2.45, 2.75) is 0 Å². The van der Waals surface area contributed by atoms with Crippen molar-refractivity contribution < 1.29 is 18.7 Å². The molecule has 0 saturated carbocycles. The van der Waals surface area contributed by atoms with Crippen molar-refractivity contribution in [3.63, 3.8) is 0 Å². The number of nitriles is 1. The first kappa shape index (κ1) is 9.56. The van der Waals surface area contributed by atoms with Crippen molar-refractivity contribution in [1.82, 2.24) is 9.30 Å². The molecule has 0 aliphatic carbocycles. The van der Waals surface area contributed by atoms with Crippen LogP contribution in [0.4, 0.5) is 0 Å². The van der Waals surface area contributed by atoms with E-state index in [1.54, 1.807) is 0 Å². The van der Waals surface area contributed by atoms with Crippen LogP contribution in [0.5, 0.6) is 0 Å². The minimum atomic E-state index is -4.73. The standard InChI is InChI=1S/CH2N4O5S/c2-1-4(5(7)8)11(9,10)3-6/h3,6H. The van der Waals surface area contributed by atoms with Crippen LogP contribution in [0, 0.1) is 21.6 Å². The molecule has 0 aliphatic rings. The van der Waals surface area contributed by atoms with Crippen LogP contribution < -0.4 is 4.89 Å². The molecule has 0 rings (SSSR count). The number of nitrogens with zero attached hydrogens (tertiary/aromatic N) is 3. The van der Waals surface area contributed by atoms with Crippen LogP contribution in [0.15, 0.2) is 0 Å². The third-order valence-corrected chi connectivity index (χ3v) is 1.48. The van der Waals surface area contributed by atoms with Gasteiger partial charge in [-0.3, -0.25) is 0 Å². The summed E-state index contributed by atoms with van der Waals surface area (Å²) in [6, 6.07) is 0. The first-order chi connectivity index (χ1) is 4.95. The summed E-state index contributed by atoms with van der Waals surface area (Å²) in [6.45, 7) is 0. The van der Waals surface area contributed by atoms with E-state index >= 15 is 0 Å². The van der Waals surface area contributed by atoms with Gasteiger partial charge in [-0.05, 0) is 0 Å². The van der Waals surface area contributed by atoms with Crippen LogP contribution in [-0.2, 0) is 10.2 Å². The van der Waals surface area contributed by atoms with Gasteiger partial charge < -0.3 is 5.21 Å². The normalized spacial score (nSPS) is 10.2. The Kier molecular flexibility index (Phi) is 2.70. The second-order valence-electron chi connectivity index (χ2n) is 1.18. The Morgan fingerprint density at radius 2 is 2.18 bits per heavy atom. The fraction of sp³-hybridized carbons (Fsp3) is 0. The number of nitro groups is 1. The first-order valence-corrected chi connectivity index (χ1v) is 3.40. The number of hydrogen-bond donors (Lipinski definition) is 2. The van der Waals surface area contributed by atoms with Crippen LogP contribution in [0.2, 0.25) is 0 Å². The summed E-state index contributed by atoms with van der Waals surface area (Å²) < 4.78 is 19.7. The maximum atomic E-state index is 10.3. The highest BCUT2D eigenvalue weighted by atomic mass is 32.2. The third kappa shape index (κ3) is 2.00. The molecule has 10 heteroatoms. The van der Waals surface area contributed by atoms with E-state index in [0.29, 0.717) is 11.1 Å². The zero-order valence-electron chi connectivity index (χ0n) is 4.83. The lowest BCUT2D eigenvalue weighted by atomic mass is 11.4. The summed E-state index contributed by atoms with van der Waals surface area (Å²) in [6.07, 6.45) is 0.716. The van der Waals surface area contributed by atoms with E-state index in [2.05, 4.69) is 0 Å². The van der Waals surface area contributed by atoms with Crippen molar-refractivity contribution in [3.05, 3.63) is 10.1 Å². The van der Waals surface area contributed by atoms with Crippen LogP contribution in [0.3, 0.4) is 0 Å². The Morgan fingerprint density at radius 3 is 2.27 bits per heavy atom. The molecule has 0 aromatic carbocycles. The average Bonchev–Trinajstić information content (AvgIpc) is 1.88. The number of rotatable bonds is 3. The minimum absolute atomic E-state index is 0.608. The van der Waals surface area contributed by atoms with E-state index < -0.39 is 19.7 Å². The Balaban J connectivity index is 4.85. The summed E-state index contributed by atoms with van der Waals surface area (Å²) in [5, 5.41) is 23.9. The van der Waals surface area contributed by atoms with Gasteiger partial charge in [0, 0.05) is 0 Å². The summed E-state index contributed by atoms with van der Waals surface area (Å²) in [5.41, 5.74) is 0. The van der Waals surface area contributed by atoms with Crippen molar-refractivity contribution >= 4 is 10.2 Å². The molecule has 0 spiro atoms. The molecule has 0 saturated heterocycles. The Bertz CT molecular complexity index is 286. The topological polar surface area (TPSA) is 137 Å². The highest BCUT2D eigenvalue weighted by Crippen LogP contribution is 1.92. The van der Waals surface area contributed by atoms with Gasteiger partial charge in [-0.2, -0.15) is 13.7 Å². The molecule has 0 unspecified atom stereocenters. The summed E-state index contributed by atoms with van der Waals surface area (Å²) in [5.74, 6) is 0. The summed E-state index contributed by atoms with van der Waals surface area (Å²) in [7, 11) is -4.73. The predicted octanol–water partition coefficient (Wildman–Crippen LogP) is -1.82. The molecule has 0 aromatic heterocycles. The van der Waals surface area contributed by atoms with Gasteiger partial charge in [0.15, 0.2) is 5.03 Å². The lowest BCUT2D eigenvalue weighted by molar-refractivity contribution is -0.602. The Labute approximate surface area is 60.7 Å². The van der Waals surface area contributed by atoms with Crippen LogP contribution in [0.25, 0.3) is 0 Å². The van der Waals surface area contributed by atoms with Crippen molar-refractivity contribution in [2.24, 2.45) is 0 Å². The highest BCUT2D eigenvalue weighted by Gasteiger charge is 2.30. The van der Waals surface area contributed by atoms with E-state index in [1.165, 1.54) is 0 Å². The van der Waals surface area contributed by atoms with Gasteiger partial charge in [-0.25, -0.2) is 10.1 Å². The van der Waals surface area contributed by atoms with E-state index in [1.807, 2.05) is 0 Å². The number of nitrogens with one attached hydrogen (secondary N) is 1. The van der Waals surface area contributed by atoms with Crippen molar-refractivity contribution in [3.8, 4) is 6.19 Å². The molecule has 62 valence electrons. The molecular formula is CH2N4O5S. The Morgan fingerprint density at radius 1 is 1.73 bits per heavy atom. The zero-order valence-corrected chi connectivity index (χ0v) is 5.65. The van der Waals surface area contributed by atoms with Crippen LogP contribution >= 0.6 is 0 Å². The molecule has 0 fully saturated rings. The maximum Gasteiger partial charge on any atom is 0.387 e. The van der Waals surface area contributed by atoms with Gasteiger partial charge in [0.25, 0.3) is 6.19 Å². The molecule has 0 aromatic rings. The molecule has 0 atom stereocenters. The second kappa shape index (κ2) is 3.10. The highest BCUT2D eigenvalue weighted by molar-refractivity contribution is 7.86. The fourth-order valence-corrected chi connectivity index (χ4v) is 0.577. The zero-order chi connectivity index (χ0) is 9.07. The van der Waals surface area contributed by atoms with Gasteiger partial charge in [-0.15, -0.1) is 0 Å². The number of hydrazine groups is 1. The molecular weight excluding hydrogens is 180 g/mol. The fourth-order valence-electron chi connectivity index (χ4n) is 0.217. The van der Waals surface area contributed by atoms with Gasteiger partial charge >= 0.3 is 10.2 Å². The molecule has 0 bridgehead atoms. The van der Waals surface area contributed by atoms with Gasteiger partial charge in [0.2, 0.25) is 0 Å². The third-order valence-electron chi connectivity index (χ3n) is 0.577. The lowest BCUT2D eigenvalue weighted by Gasteiger charge is -2.01. The quantitative estimate of drug-likeness (QED) is 0.228. The molecule has 0 amide bonds. The molecule has 0 heterocycles. The molecule has 2 N–H and O–H groups in total. The molecule has 9 nitrogen and oxygen atoms in total. The van der Waals surface area contributed by atoms with E-state index in [-0.39, 0.29) is 0 Å². The first-order valence-electron chi connectivity index (χ1n) is 1.96. The average molecular weight is 182 g/mol. The Hall–Kier alpha value is -1.44. The predicted molar refractivity (Wildman–Crippen MR) is 28.3 cm³/mol. The van der Waals surface area contributed by atoms with Crippen LogP contribution in [0.1, 0.15) is 0 Å². The smallest absolute Gasteiger partial charge is 0.301 e. The largest absolute Gasteiger partial charge is 0.387 e. The van der Waals surface area contributed by atoms with Gasteiger partial charge in [-0.1, -0.05) is 4.89 Å². The van der Waals surface area contributed by atoms with E-state index in [0.717, 1.165) is 0 Å². The molecule has 0 aliphatic heterocycles. The van der Waals surface area contributed by atoms with Crippen molar-refractivity contribution in [1.29, 1.82) is 5.26 Å². The van der Waals surface area contributed by atoms with Gasteiger partial charge in [0.05, 0.1) is 0 Å². The lowest BCUT2D eigenvalue weighted by Crippen LogP contribution is -2.39.